The van der Waals surface area contributed by atoms with Crippen LogP contribution in [0.5, 0.6) is 0 Å². The lowest BCUT2D eigenvalue weighted by atomic mass is 9.98. The van der Waals surface area contributed by atoms with Crippen LogP contribution >= 0.6 is 0 Å². The minimum absolute atomic E-state index is 0.513. The van der Waals surface area contributed by atoms with Crippen LogP contribution in [-0.2, 0) is 6.42 Å². The third-order valence-electron chi connectivity index (χ3n) is 2.12. The molecule has 2 nitrogen and oxygen atoms in total. The van der Waals surface area contributed by atoms with Crippen molar-refractivity contribution in [3.8, 4) is 0 Å². The van der Waals surface area contributed by atoms with Crippen LogP contribution < -0.4 is 0 Å². The second-order valence-corrected chi connectivity index (χ2v) is 4.72. The zero-order chi connectivity index (χ0) is 10.8. The molecule has 2 heteroatoms. The molecule has 0 saturated carbocycles. The Balaban J connectivity index is 2.84. The quantitative estimate of drug-likeness (QED) is 0.800. The van der Waals surface area contributed by atoms with Crippen molar-refractivity contribution in [3.05, 3.63) is 29.6 Å². The van der Waals surface area contributed by atoms with Gasteiger partial charge in [-0.1, -0.05) is 13.8 Å². The zero-order valence-electron chi connectivity index (χ0n) is 9.41. The van der Waals surface area contributed by atoms with E-state index in [1.54, 1.807) is 13.8 Å². The van der Waals surface area contributed by atoms with Gasteiger partial charge in [0.05, 0.1) is 5.60 Å². The molecule has 1 heterocycles. The van der Waals surface area contributed by atoms with E-state index in [2.05, 4.69) is 24.9 Å². The number of hydrogen-bond acceptors (Lipinski definition) is 2. The Morgan fingerprint density at radius 2 is 2.07 bits per heavy atom. The highest BCUT2D eigenvalue weighted by Crippen LogP contribution is 2.16. The SMILES string of the molecule is CC(C)c1ccnc(CC(C)(C)O)c1. The topological polar surface area (TPSA) is 33.1 Å². The first kappa shape index (κ1) is 11.2. The van der Waals surface area contributed by atoms with Crippen LogP contribution in [0, 0.1) is 0 Å². The number of rotatable bonds is 3. The molecule has 78 valence electrons. The fourth-order valence-electron chi connectivity index (χ4n) is 1.40. The van der Waals surface area contributed by atoms with E-state index in [9.17, 15) is 5.11 Å². The van der Waals surface area contributed by atoms with Gasteiger partial charge in [0, 0.05) is 18.3 Å². The van der Waals surface area contributed by atoms with E-state index >= 15 is 0 Å². The Bertz CT molecular complexity index is 299. The van der Waals surface area contributed by atoms with E-state index in [0.29, 0.717) is 12.3 Å². The molecule has 0 aliphatic rings. The van der Waals surface area contributed by atoms with E-state index in [-0.39, 0.29) is 0 Å². The molecule has 0 amide bonds. The van der Waals surface area contributed by atoms with Crippen molar-refractivity contribution in [3.63, 3.8) is 0 Å². The summed E-state index contributed by atoms with van der Waals surface area (Å²) in [7, 11) is 0. The summed E-state index contributed by atoms with van der Waals surface area (Å²) in [4.78, 5) is 4.25. The second kappa shape index (κ2) is 4.09. The molecule has 14 heavy (non-hydrogen) atoms. The second-order valence-electron chi connectivity index (χ2n) is 4.72. The molecule has 0 saturated heterocycles. The molecule has 0 unspecified atom stereocenters. The average molecular weight is 193 g/mol. The largest absolute Gasteiger partial charge is 0.390 e. The molecule has 0 atom stereocenters. The van der Waals surface area contributed by atoms with Gasteiger partial charge in [-0.15, -0.1) is 0 Å². The Morgan fingerprint density at radius 1 is 1.43 bits per heavy atom. The monoisotopic (exact) mass is 193 g/mol. The fraction of sp³-hybridized carbons (Fsp3) is 0.583. The summed E-state index contributed by atoms with van der Waals surface area (Å²) in [6, 6.07) is 4.10. The van der Waals surface area contributed by atoms with Crippen molar-refractivity contribution in [1.82, 2.24) is 4.98 Å². The number of aliphatic hydroxyl groups is 1. The van der Waals surface area contributed by atoms with Crippen molar-refractivity contribution >= 4 is 0 Å². The maximum absolute atomic E-state index is 9.66. The van der Waals surface area contributed by atoms with E-state index in [1.165, 1.54) is 5.56 Å². The lowest BCUT2D eigenvalue weighted by Crippen LogP contribution is -2.22. The maximum atomic E-state index is 9.66. The molecule has 1 rings (SSSR count). The maximum Gasteiger partial charge on any atom is 0.0647 e. The number of aromatic nitrogens is 1. The predicted molar refractivity (Wildman–Crippen MR) is 58.3 cm³/mol. The number of hydrogen-bond donors (Lipinski definition) is 1. The van der Waals surface area contributed by atoms with Crippen LogP contribution in [0.1, 0.15) is 44.9 Å². The summed E-state index contributed by atoms with van der Waals surface area (Å²) >= 11 is 0. The minimum atomic E-state index is -0.678. The lowest BCUT2D eigenvalue weighted by molar-refractivity contribution is 0.0799. The Hall–Kier alpha value is -0.890. The summed E-state index contributed by atoms with van der Waals surface area (Å²) in [6.45, 7) is 7.92. The van der Waals surface area contributed by atoms with Crippen LogP contribution in [0.3, 0.4) is 0 Å². The highest BCUT2D eigenvalue weighted by Gasteiger charge is 2.14. The molecule has 1 N–H and O–H groups in total. The van der Waals surface area contributed by atoms with Crippen molar-refractivity contribution in [2.45, 2.75) is 45.6 Å². The molecule has 0 aliphatic heterocycles. The summed E-state index contributed by atoms with van der Waals surface area (Å²) in [6.07, 6.45) is 2.42. The zero-order valence-corrected chi connectivity index (χ0v) is 9.41. The van der Waals surface area contributed by atoms with Gasteiger partial charge in [-0.2, -0.15) is 0 Å². The van der Waals surface area contributed by atoms with E-state index in [0.717, 1.165) is 5.69 Å². The van der Waals surface area contributed by atoms with Crippen molar-refractivity contribution in [1.29, 1.82) is 0 Å². The summed E-state index contributed by atoms with van der Waals surface area (Å²) in [5.74, 6) is 0.513. The highest BCUT2D eigenvalue weighted by molar-refractivity contribution is 5.20. The molecule has 1 aromatic rings. The van der Waals surface area contributed by atoms with Crippen LogP contribution in [0.25, 0.3) is 0 Å². The molecule has 0 spiro atoms. The molecule has 0 fully saturated rings. The highest BCUT2D eigenvalue weighted by atomic mass is 16.3. The lowest BCUT2D eigenvalue weighted by Gasteiger charge is -2.17. The first-order valence-corrected chi connectivity index (χ1v) is 5.06. The van der Waals surface area contributed by atoms with Gasteiger partial charge < -0.3 is 5.11 Å². The van der Waals surface area contributed by atoms with Gasteiger partial charge >= 0.3 is 0 Å². The summed E-state index contributed by atoms with van der Waals surface area (Å²) in [5.41, 5.74) is 1.56. The Labute approximate surface area is 86.0 Å². The van der Waals surface area contributed by atoms with Crippen molar-refractivity contribution < 1.29 is 5.11 Å². The van der Waals surface area contributed by atoms with E-state index < -0.39 is 5.60 Å². The van der Waals surface area contributed by atoms with Gasteiger partial charge in [0.15, 0.2) is 0 Å². The third kappa shape index (κ3) is 3.46. The van der Waals surface area contributed by atoms with E-state index in [1.807, 2.05) is 12.3 Å². The molecule has 0 aromatic carbocycles. The van der Waals surface area contributed by atoms with Gasteiger partial charge in [0.1, 0.15) is 0 Å². The van der Waals surface area contributed by atoms with Gasteiger partial charge in [-0.3, -0.25) is 4.98 Å². The smallest absolute Gasteiger partial charge is 0.0647 e. The first-order valence-electron chi connectivity index (χ1n) is 5.06. The first-order chi connectivity index (χ1) is 6.38. The third-order valence-corrected chi connectivity index (χ3v) is 2.12. The molecule has 1 aromatic heterocycles. The van der Waals surface area contributed by atoms with Gasteiger partial charge in [-0.25, -0.2) is 0 Å². The van der Waals surface area contributed by atoms with Crippen LogP contribution in [0.2, 0.25) is 0 Å². The Kier molecular flexibility index (Phi) is 3.27. The Morgan fingerprint density at radius 3 is 2.57 bits per heavy atom. The van der Waals surface area contributed by atoms with Gasteiger partial charge in [-0.05, 0) is 37.5 Å². The van der Waals surface area contributed by atoms with Crippen LogP contribution in [0.15, 0.2) is 18.3 Å². The van der Waals surface area contributed by atoms with Crippen LogP contribution in [-0.4, -0.2) is 15.7 Å². The van der Waals surface area contributed by atoms with Crippen molar-refractivity contribution in [2.24, 2.45) is 0 Å². The summed E-state index contributed by atoms with van der Waals surface area (Å²) in [5, 5.41) is 9.66. The van der Waals surface area contributed by atoms with E-state index in [4.69, 9.17) is 0 Å². The fourth-order valence-corrected chi connectivity index (χ4v) is 1.40. The molecule has 0 aliphatic carbocycles. The minimum Gasteiger partial charge on any atom is -0.390 e. The summed E-state index contributed by atoms with van der Waals surface area (Å²) < 4.78 is 0. The molecule has 0 radical (unpaired) electrons. The van der Waals surface area contributed by atoms with Gasteiger partial charge in [0.2, 0.25) is 0 Å². The van der Waals surface area contributed by atoms with Gasteiger partial charge in [0.25, 0.3) is 0 Å². The van der Waals surface area contributed by atoms with Crippen molar-refractivity contribution in [2.75, 3.05) is 0 Å². The van der Waals surface area contributed by atoms with Crippen LogP contribution in [0.4, 0.5) is 0 Å². The standard InChI is InChI=1S/C12H19NO/c1-9(2)10-5-6-13-11(7-10)8-12(3,4)14/h5-7,9,14H,8H2,1-4H3. The molecular weight excluding hydrogens is 174 g/mol. The average Bonchev–Trinajstić information content (AvgIpc) is 2.01. The number of nitrogens with zero attached hydrogens (tertiary/aromatic N) is 1. The number of pyridine rings is 1. The predicted octanol–water partition coefficient (Wildman–Crippen LogP) is 2.52. The molecule has 0 bridgehead atoms. The molecular formula is C12H19NO. The normalized spacial score (nSPS) is 12.1.